The van der Waals surface area contributed by atoms with Crippen LogP contribution < -0.4 is 4.90 Å². The van der Waals surface area contributed by atoms with Gasteiger partial charge in [0.2, 0.25) is 0 Å². The first-order valence-electron chi connectivity index (χ1n) is 12.3. The first-order chi connectivity index (χ1) is 14.4. The van der Waals surface area contributed by atoms with Crippen molar-refractivity contribution in [3.05, 3.63) is 66.0 Å². The van der Waals surface area contributed by atoms with Gasteiger partial charge in [0, 0.05) is 23.0 Å². The number of rotatable bonds is 3. The number of allylic oxidation sites excluding steroid dienone is 4. The number of fused-ring (bicyclic) bond motifs is 5. The van der Waals surface area contributed by atoms with Gasteiger partial charge in [-0.25, -0.2) is 0 Å². The summed E-state index contributed by atoms with van der Waals surface area (Å²) < 4.78 is 0. The topological polar surface area (TPSA) is 3.24 Å². The standard InChI is InChI=1S/C29H39N/c1-6-30(26-10-8-7-9-21(26)3)27-14-13-24-23-12-11-22-19-20(2)15-17-28(22,4)25(23)16-18-29(24,27)5/h6-11,14,20,23-25H,1,12-13,15-19H2,2-5H3. The molecule has 30 heavy (non-hydrogen) atoms. The molecule has 0 N–H and O–H groups in total. The van der Waals surface area contributed by atoms with Gasteiger partial charge in [-0.05, 0) is 92.6 Å². The number of hydrogen-bond donors (Lipinski definition) is 0. The molecule has 0 amide bonds. The van der Waals surface area contributed by atoms with Crippen molar-refractivity contribution >= 4 is 5.69 Å². The third-order valence-corrected chi connectivity index (χ3v) is 9.71. The molecule has 1 aromatic rings. The van der Waals surface area contributed by atoms with Crippen LogP contribution >= 0.6 is 0 Å². The minimum atomic E-state index is 0.265. The van der Waals surface area contributed by atoms with Crippen LogP contribution in [0.4, 0.5) is 5.69 Å². The second-order valence-corrected chi connectivity index (χ2v) is 11.2. The number of aryl methyl sites for hydroxylation is 1. The van der Waals surface area contributed by atoms with E-state index in [0.717, 1.165) is 23.7 Å². The highest BCUT2D eigenvalue weighted by molar-refractivity contribution is 5.61. The summed E-state index contributed by atoms with van der Waals surface area (Å²) in [5.74, 6) is 3.37. The van der Waals surface area contributed by atoms with Crippen LogP contribution in [0.2, 0.25) is 0 Å². The Bertz CT molecular complexity index is 907. The fourth-order valence-corrected chi connectivity index (χ4v) is 7.92. The molecule has 0 spiro atoms. The van der Waals surface area contributed by atoms with Crippen molar-refractivity contribution in [2.75, 3.05) is 4.90 Å². The Hall–Kier alpha value is -1.76. The maximum absolute atomic E-state index is 4.22. The Morgan fingerprint density at radius 2 is 1.77 bits per heavy atom. The minimum absolute atomic E-state index is 0.265. The molecule has 0 heterocycles. The highest BCUT2D eigenvalue weighted by atomic mass is 15.1. The highest BCUT2D eigenvalue weighted by Gasteiger charge is 2.57. The second-order valence-electron chi connectivity index (χ2n) is 11.2. The van der Waals surface area contributed by atoms with Gasteiger partial charge in [0.05, 0.1) is 0 Å². The van der Waals surface area contributed by atoms with Gasteiger partial charge in [-0.3, -0.25) is 0 Å². The number of hydrogen-bond acceptors (Lipinski definition) is 1. The molecule has 2 fully saturated rings. The molecule has 0 aliphatic heterocycles. The van der Waals surface area contributed by atoms with E-state index in [2.05, 4.69) is 81.8 Å². The van der Waals surface area contributed by atoms with Crippen molar-refractivity contribution in [2.24, 2.45) is 34.5 Å². The summed E-state index contributed by atoms with van der Waals surface area (Å²) in [6.45, 7) is 14.1. The zero-order valence-electron chi connectivity index (χ0n) is 19.5. The lowest BCUT2D eigenvalue weighted by atomic mass is 9.47. The SMILES string of the molecule is C=CN(C1=CCC2C3CC=C4CC(C)CCC4(C)C3CCC12C)c1ccccc1C. The van der Waals surface area contributed by atoms with Gasteiger partial charge < -0.3 is 4.90 Å². The van der Waals surface area contributed by atoms with E-state index in [-0.39, 0.29) is 5.41 Å². The summed E-state index contributed by atoms with van der Waals surface area (Å²) in [4.78, 5) is 2.41. The minimum Gasteiger partial charge on any atom is -0.321 e. The molecule has 1 aromatic carbocycles. The Balaban J connectivity index is 1.47. The largest absolute Gasteiger partial charge is 0.321 e. The predicted molar refractivity (Wildman–Crippen MR) is 128 cm³/mol. The van der Waals surface area contributed by atoms with Crippen LogP contribution in [0, 0.1) is 41.4 Å². The summed E-state index contributed by atoms with van der Waals surface area (Å²) in [6, 6.07) is 8.76. The fraction of sp³-hybridized carbons (Fsp3) is 0.586. The van der Waals surface area contributed by atoms with Crippen molar-refractivity contribution in [1.29, 1.82) is 0 Å². The number of benzene rings is 1. The van der Waals surface area contributed by atoms with Crippen molar-refractivity contribution in [1.82, 2.24) is 0 Å². The van der Waals surface area contributed by atoms with Crippen LogP contribution in [-0.2, 0) is 0 Å². The number of anilines is 1. The molecule has 6 unspecified atom stereocenters. The summed E-state index contributed by atoms with van der Waals surface area (Å²) in [5, 5.41) is 0. The molecule has 0 saturated heterocycles. The quantitative estimate of drug-likeness (QED) is 0.463. The lowest BCUT2D eigenvalue weighted by Crippen LogP contribution is -2.50. The van der Waals surface area contributed by atoms with Gasteiger partial charge in [-0.2, -0.15) is 0 Å². The molecule has 1 nitrogen and oxygen atoms in total. The van der Waals surface area contributed by atoms with Gasteiger partial charge in [-0.1, -0.05) is 63.3 Å². The maximum atomic E-state index is 4.22. The van der Waals surface area contributed by atoms with Crippen molar-refractivity contribution in [3.63, 3.8) is 0 Å². The van der Waals surface area contributed by atoms with E-state index in [1.54, 1.807) is 0 Å². The molecule has 1 heteroatoms. The van der Waals surface area contributed by atoms with Crippen molar-refractivity contribution < 1.29 is 0 Å². The van der Waals surface area contributed by atoms with Crippen LogP contribution in [0.5, 0.6) is 0 Å². The molecule has 4 aliphatic carbocycles. The monoisotopic (exact) mass is 401 g/mol. The summed E-state index contributed by atoms with van der Waals surface area (Å²) in [5.41, 5.74) is 6.67. The first kappa shape index (κ1) is 20.2. The van der Waals surface area contributed by atoms with Crippen LogP contribution in [0.25, 0.3) is 0 Å². The Morgan fingerprint density at radius 3 is 2.53 bits per heavy atom. The van der Waals surface area contributed by atoms with E-state index in [1.165, 1.54) is 61.9 Å². The third-order valence-electron chi connectivity index (χ3n) is 9.71. The third kappa shape index (κ3) is 2.80. The van der Waals surface area contributed by atoms with Crippen molar-refractivity contribution in [3.8, 4) is 0 Å². The van der Waals surface area contributed by atoms with Gasteiger partial charge in [-0.15, -0.1) is 0 Å². The second kappa shape index (κ2) is 7.14. The van der Waals surface area contributed by atoms with E-state index in [1.807, 2.05) is 5.57 Å². The molecule has 6 atom stereocenters. The van der Waals surface area contributed by atoms with Crippen LogP contribution in [0.1, 0.15) is 71.3 Å². The lowest BCUT2D eigenvalue weighted by molar-refractivity contribution is -0.0207. The van der Waals surface area contributed by atoms with Crippen LogP contribution in [0.3, 0.4) is 0 Å². The summed E-state index contributed by atoms with van der Waals surface area (Å²) >= 11 is 0. The van der Waals surface area contributed by atoms with Crippen molar-refractivity contribution in [2.45, 2.75) is 72.6 Å². The zero-order chi connectivity index (χ0) is 21.1. The van der Waals surface area contributed by atoms with E-state index in [9.17, 15) is 0 Å². The zero-order valence-corrected chi connectivity index (χ0v) is 19.5. The highest BCUT2D eigenvalue weighted by Crippen LogP contribution is 2.65. The van der Waals surface area contributed by atoms with Crippen LogP contribution in [-0.4, -0.2) is 0 Å². The van der Waals surface area contributed by atoms with E-state index >= 15 is 0 Å². The molecule has 160 valence electrons. The molecule has 0 aromatic heterocycles. The normalized spacial score (nSPS) is 39.9. The number of nitrogens with zero attached hydrogens (tertiary/aromatic N) is 1. The molecular weight excluding hydrogens is 362 g/mol. The van der Waals surface area contributed by atoms with Gasteiger partial charge in [0.25, 0.3) is 0 Å². The van der Waals surface area contributed by atoms with Gasteiger partial charge in [0.15, 0.2) is 0 Å². The molecule has 2 saturated carbocycles. The smallest absolute Gasteiger partial charge is 0.0481 e. The number of para-hydroxylation sites is 1. The van der Waals surface area contributed by atoms with Gasteiger partial charge >= 0.3 is 0 Å². The Morgan fingerprint density at radius 1 is 1.00 bits per heavy atom. The van der Waals surface area contributed by atoms with Crippen LogP contribution in [0.15, 0.2) is 60.5 Å². The molecular formula is C29H39N. The molecule has 0 bridgehead atoms. The summed E-state index contributed by atoms with van der Waals surface area (Å²) in [6.07, 6.45) is 16.7. The predicted octanol–water partition coefficient (Wildman–Crippen LogP) is 8.04. The average molecular weight is 402 g/mol. The van der Waals surface area contributed by atoms with Gasteiger partial charge in [0.1, 0.15) is 0 Å². The Labute approximate surface area is 183 Å². The molecule has 4 aliphatic rings. The first-order valence-corrected chi connectivity index (χ1v) is 12.3. The van der Waals surface area contributed by atoms with E-state index < -0.39 is 0 Å². The molecule has 5 rings (SSSR count). The average Bonchev–Trinajstić information content (AvgIpc) is 3.08. The summed E-state index contributed by atoms with van der Waals surface area (Å²) in [7, 11) is 0. The lowest BCUT2D eigenvalue weighted by Gasteiger charge is -2.58. The maximum Gasteiger partial charge on any atom is 0.0481 e. The molecule has 0 radical (unpaired) electrons. The van der Waals surface area contributed by atoms with E-state index in [0.29, 0.717) is 5.41 Å². The van der Waals surface area contributed by atoms with E-state index in [4.69, 9.17) is 0 Å². The fourth-order valence-electron chi connectivity index (χ4n) is 7.92. The Kier molecular flexibility index (Phi) is 4.80.